The van der Waals surface area contributed by atoms with Crippen LogP contribution in [0.2, 0.25) is 0 Å². The second-order valence-corrected chi connectivity index (χ2v) is 7.96. The molecule has 0 radical (unpaired) electrons. The van der Waals surface area contributed by atoms with Crippen molar-refractivity contribution in [2.75, 3.05) is 13.7 Å². The summed E-state index contributed by atoms with van der Waals surface area (Å²) in [5, 5.41) is 13.6. The van der Waals surface area contributed by atoms with Crippen molar-refractivity contribution in [2.45, 2.75) is 24.5 Å². The molecule has 158 valence electrons. The molecule has 1 saturated heterocycles. The summed E-state index contributed by atoms with van der Waals surface area (Å²) in [6.45, 7) is 5.89. The van der Waals surface area contributed by atoms with E-state index in [-0.39, 0.29) is 18.2 Å². The smallest absolute Gasteiger partial charge is 0.333 e. The molecule has 1 aliphatic rings. The Labute approximate surface area is 181 Å². The zero-order valence-corrected chi connectivity index (χ0v) is 17.6. The van der Waals surface area contributed by atoms with Gasteiger partial charge < -0.3 is 14.7 Å². The van der Waals surface area contributed by atoms with E-state index >= 15 is 0 Å². The fourth-order valence-corrected chi connectivity index (χ4v) is 4.53. The van der Waals surface area contributed by atoms with E-state index in [4.69, 9.17) is 4.74 Å². The van der Waals surface area contributed by atoms with E-state index in [1.165, 1.54) is 7.11 Å². The molecule has 0 aromatic heterocycles. The highest BCUT2D eigenvalue weighted by molar-refractivity contribution is 5.98. The maximum absolute atomic E-state index is 13.3. The van der Waals surface area contributed by atoms with Gasteiger partial charge in [0.1, 0.15) is 0 Å². The van der Waals surface area contributed by atoms with Crippen LogP contribution >= 0.6 is 0 Å². The number of hydrogen-bond donors (Lipinski definition) is 1. The predicted octanol–water partition coefficient (Wildman–Crippen LogP) is 3.99. The lowest BCUT2D eigenvalue weighted by molar-refractivity contribution is -0.183. The Morgan fingerprint density at radius 1 is 1.06 bits per heavy atom. The van der Waals surface area contributed by atoms with Crippen LogP contribution < -0.4 is 0 Å². The normalized spacial score (nSPS) is 20.1. The zero-order valence-electron chi connectivity index (χ0n) is 17.6. The Hall–Kier alpha value is -3.44. The number of ether oxygens (including phenoxy) is 1. The number of β-amino-alcohol motifs (C(OH)–C–C–N with tert-alkyl or cyclic N) is 1. The molecule has 1 heterocycles. The van der Waals surface area contributed by atoms with Gasteiger partial charge in [0.05, 0.1) is 25.6 Å². The van der Waals surface area contributed by atoms with E-state index in [0.717, 1.165) is 16.3 Å². The van der Waals surface area contributed by atoms with Gasteiger partial charge in [0, 0.05) is 5.57 Å². The average molecular weight is 415 g/mol. The highest BCUT2D eigenvalue weighted by Gasteiger charge is 2.59. The minimum Gasteiger partial charge on any atom is -0.466 e. The van der Waals surface area contributed by atoms with Gasteiger partial charge in [-0.25, -0.2) is 4.79 Å². The highest BCUT2D eigenvalue weighted by atomic mass is 16.5. The van der Waals surface area contributed by atoms with Crippen LogP contribution in [0.3, 0.4) is 0 Å². The van der Waals surface area contributed by atoms with E-state index in [0.29, 0.717) is 5.56 Å². The first kappa shape index (κ1) is 20.8. The van der Waals surface area contributed by atoms with E-state index < -0.39 is 23.4 Å². The van der Waals surface area contributed by atoms with Crippen molar-refractivity contribution in [3.63, 3.8) is 0 Å². The third-order valence-corrected chi connectivity index (χ3v) is 6.19. The highest BCUT2D eigenvalue weighted by Crippen LogP contribution is 2.45. The molecule has 5 heteroatoms. The number of likely N-dealkylation sites (tertiary alicyclic amines) is 1. The average Bonchev–Trinajstić information content (AvgIpc) is 2.81. The molecule has 0 bridgehead atoms. The minimum absolute atomic E-state index is 0.0574. The molecule has 0 spiro atoms. The van der Waals surface area contributed by atoms with Crippen molar-refractivity contribution >= 4 is 22.6 Å². The fourth-order valence-electron chi connectivity index (χ4n) is 4.53. The van der Waals surface area contributed by atoms with Gasteiger partial charge >= 0.3 is 5.97 Å². The Bertz CT molecular complexity index is 1150. The van der Waals surface area contributed by atoms with Gasteiger partial charge in [-0.05, 0) is 28.8 Å². The number of fused-ring (bicyclic) bond motifs is 1. The molecular weight excluding hydrogens is 390 g/mol. The predicted molar refractivity (Wildman–Crippen MR) is 119 cm³/mol. The first-order valence-corrected chi connectivity index (χ1v) is 10.2. The summed E-state index contributed by atoms with van der Waals surface area (Å²) in [6.07, 6.45) is 0. The van der Waals surface area contributed by atoms with Gasteiger partial charge in [0.15, 0.2) is 5.60 Å². The number of amides is 1. The molecule has 1 amide bonds. The lowest BCUT2D eigenvalue weighted by Crippen LogP contribution is -2.69. The SMILES string of the molecule is C=C(C(=O)OC)[C@H](c1ccccc1)[C@]1(O)CN([C@H](C)c2cccc3ccccc23)C1=O. The van der Waals surface area contributed by atoms with E-state index in [9.17, 15) is 14.7 Å². The van der Waals surface area contributed by atoms with Gasteiger partial charge in [-0.2, -0.15) is 0 Å². The van der Waals surface area contributed by atoms with Crippen LogP contribution in [0.1, 0.15) is 30.0 Å². The second-order valence-electron chi connectivity index (χ2n) is 7.96. The monoisotopic (exact) mass is 415 g/mol. The van der Waals surface area contributed by atoms with Crippen molar-refractivity contribution in [1.29, 1.82) is 0 Å². The van der Waals surface area contributed by atoms with Crippen LogP contribution in [0, 0.1) is 0 Å². The molecule has 31 heavy (non-hydrogen) atoms. The van der Waals surface area contributed by atoms with Crippen LogP contribution in [-0.2, 0) is 14.3 Å². The van der Waals surface area contributed by atoms with Gasteiger partial charge in [-0.3, -0.25) is 4.79 Å². The summed E-state index contributed by atoms with van der Waals surface area (Å²) >= 11 is 0. The van der Waals surface area contributed by atoms with Crippen molar-refractivity contribution in [3.05, 3.63) is 96.1 Å². The summed E-state index contributed by atoms with van der Waals surface area (Å²) in [6, 6.07) is 22.8. The Morgan fingerprint density at radius 2 is 1.71 bits per heavy atom. The number of aliphatic hydroxyl groups is 1. The third kappa shape index (κ3) is 3.41. The number of methoxy groups -OCH3 is 1. The van der Waals surface area contributed by atoms with Gasteiger partial charge in [-0.15, -0.1) is 0 Å². The van der Waals surface area contributed by atoms with Crippen LogP contribution in [0.25, 0.3) is 10.8 Å². The van der Waals surface area contributed by atoms with Crippen molar-refractivity contribution in [2.24, 2.45) is 0 Å². The molecule has 1 N–H and O–H groups in total. The first-order chi connectivity index (χ1) is 14.9. The molecule has 3 aromatic rings. The number of β-lactam (4-membered cyclic amide) rings is 1. The zero-order chi connectivity index (χ0) is 22.2. The molecule has 0 aliphatic carbocycles. The van der Waals surface area contributed by atoms with Gasteiger partial charge in [0.2, 0.25) is 0 Å². The molecule has 4 rings (SSSR count). The Balaban J connectivity index is 1.67. The molecule has 5 nitrogen and oxygen atoms in total. The lowest BCUT2D eigenvalue weighted by atomic mass is 9.71. The second kappa shape index (κ2) is 8.00. The molecule has 1 aliphatic heterocycles. The molecule has 3 atom stereocenters. The summed E-state index contributed by atoms with van der Waals surface area (Å²) in [5.41, 5.74) is -0.0457. The largest absolute Gasteiger partial charge is 0.466 e. The number of nitrogens with zero attached hydrogens (tertiary/aromatic N) is 1. The van der Waals surface area contributed by atoms with Crippen molar-refractivity contribution < 1.29 is 19.4 Å². The molecule has 1 fully saturated rings. The summed E-state index contributed by atoms with van der Waals surface area (Å²) in [4.78, 5) is 27.2. The summed E-state index contributed by atoms with van der Waals surface area (Å²) < 4.78 is 4.83. The van der Waals surface area contributed by atoms with Crippen LogP contribution in [-0.4, -0.2) is 41.1 Å². The summed E-state index contributed by atoms with van der Waals surface area (Å²) in [5.74, 6) is -1.95. The van der Waals surface area contributed by atoms with Crippen LogP contribution in [0.4, 0.5) is 0 Å². The Kier molecular flexibility index (Phi) is 5.38. The summed E-state index contributed by atoms with van der Waals surface area (Å²) in [7, 11) is 1.26. The van der Waals surface area contributed by atoms with Gasteiger partial charge in [0.25, 0.3) is 5.91 Å². The molecular formula is C26H25NO4. The van der Waals surface area contributed by atoms with Crippen molar-refractivity contribution in [3.8, 4) is 0 Å². The topological polar surface area (TPSA) is 66.8 Å². The fraction of sp³-hybridized carbons (Fsp3) is 0.231. The van der Waals surface area contributed by atoms with Crippen molar-refractivity contribution in [1.82, 2.24) is 4.90 Å². The first-order valence-electron chi connectivity index (χ1n) is 10.2. The number of benzene rings is 3. The van der Waals surface area contributed by atoms with Crippen LogP contribution in [0.15, 0.2) is 84.9 Å². The van der Waals surface area contributed by atoms with Gasteiger partial charge in [-0.1, -0.05) is 79.4 Å². The standard InChI is InChI=1S/C26H25NO4/c1-17(24(28)31-3)23(20-11-5-4-6-12-20)26(30)16-27(25(26)29)18(2)21-15-9-13-19-10-7-8-14-22(19)21/h4-15,18,23,30H,1,16H2,2-3H3/t18-,23-,26-/m1/s1. The van der Waals surface area contributed by atoms with Crippen LogP contribution in [0.5, 0.6) is 0 Å². The van der Waals surface area contributed by atoms with E-state index in [2.05, 4.69) is 6.58 Å². The quantitative estimate of drug-likeness (QED) is 0.376. The number of hydrogen-bond acceptors (Lipinski definition) is 4. The molecule has 0 saturated carbocycles. The number of carbonyl (C=O) groups excluding carboxylic acids is 2. The molecule has 0 unspecified atom stereocenters. The maximum atomic E-state index is 13.3. The van der Waals surface area contributed by atoms with E-state index in [1.54, 1.807) is 29.2 Å². The lowest BCUT2D eigenvalue weighted by Gasteiger charge is -2.52. The molecule has 3 aromatic carbocycles. The maximum Gasteiger partial charge on any atom is 0.333 e. The van der Waals surface area contributed by atoms with E-state index in [1.807, 2.05) is 55.5 Å². The number of esters is 1. The third-order valence-electron chi connectivity index (χ3n) is 6.19. The minimum atomic E-state index is -1.76. The number of carbonyl (C=O) groups is 2. The number of rotatable bonds is 6. The Morgan fingerprint density at radius 3 is 2.39 bits per heavy atom.